The zero-order chi connectivity index (χ0) is 15.3. The first-order chi connectivity index (χ1) is 11.2. The van der Waals surface area contributed by atoms with Crippen molar-refractivity contribution in [2.24, 2.45) is 47.3 Å². The molecule has 126 valence electrons. The maximum atomic E-state index is 4.97. The van der Waals surface area contributed by atoms with E-state index in [1.165, 1.54) is 37.0 Å². The molecule has 0 aromatic rings. The summed E-state index contributed by atoms with van der Waals surface area (Å²) in [4.78, 5) is 1.44. The van der Waals surface area contributed by atoms with Crippen LogP contribution < -0.4 is 0 Å². The third kappa shape index (κ3) is 1.97. The molecule has 0 N–H and O–H groups in total. The standard InChI is InChI=1S/C20H28S3/c21-15-4-2-12-13-6-10(19(12)15)8-17(13)23-18-7-9-5-14(18)20-11(9)1-3-16(20)22/h4,9-14,16-22H,1-3,5-8H2. The van der Waals surface area contributed by atoms with Crippen LogP contribution in [0.5, 0.6) is 0 Å². The fourth-order valence-corrected chi connectivity index (χ4v) is 11.4. The van der Waals surface area contributed by atoms with Crippen LogP contribution >= 0.6 is 37.0 Å². The molecule has 11 unspecified atom stereocenters. The number of hydrogen-bond donors (Lipinski definition) is 2. The molecular weight excluding hydrogens is 336 g/mol. The molecule has 6 aliphatic rings. The summed E-state index contributed by atoms with van der Waals surface area (Å²) in [7, 11) is 0. The second-order valence-electron chi connectivity index (χ2n) is 9.44. The van der Waals surface area contributed by atoms with Gasteiger partial charge in [-0.2, -0.15) is 24.4 Å². The summed E-state index contributed by atoms with van der Waals surface area (Å²) in [6, 6.07) is 0. The number of thiol groups is 2. The lowest BCUT2D eigenvalue weighted by Gasteiger charge is -2.38. The van der Waals surface area contributed by atoms with E-state index in [0.29, 0.717) is 0 Å². The average molecular weight is 365 g/mol. The summed E-state index contributed by atoms with van der Waals surface area (Å²) < 4.78 is 0. The minimum absolute atomic E-state index is 0.730. The number of fused-ring (bicyclic) bond motifs is 10. The van der Waals surface area contributed by atoms with Gasteiger partial charge in [0.05, 0.1) is 0 Å². The zero-order valence-corrected chi connectivity index (χ0v) is 16.3. The molecule has 0 spiro atoms. The van der Waals surface area contributed by atoms with Gasteiger partial charge in [0.2, 0.25) is 0 Å². The first kappa shape index (κ1) is 14.9. The lowest BCUT2D eigenvalue weighted by atomic mass is 9.81. The Balaban J connectivity index is 1.17. The first-order valence-electron chi connectivity index (χ1n) is 9.93. The van der Waals surface area contributed by atoms with Gasteiger partial charge in [-0.1, -0.05) is 6.08 Å². The van der Waals surface area contributed by atoms with Crippen molar-refractivity contribution < 1.29 is 0 Å². The normalized spacial score (nSPS) is 62.0. The third-order valence-corrected chi connectivity index (χ3v) is 11.7. The molecule has 0 saturated heterocycles. The Morgan fingerprint density at radius 2 is 1.65 bits per heavy atom. The second-order valence-corrected chi connectivity index (χ2v) is 12.1. The number of thioether (sulfide) groups is 1. The van der Waals surface area contributed by atoms with Crippen LogP contribution in [0.3, 0.4) is 0 Å². The van der Waals surface area contributed by atoms with E-state index < -0.39 is 0 Å². The predicted molar refractivity (Wildman–Crippen MR) is 105 cm³/mol. The molecule has 0 amide bonds. The quantitative estimate of drug-likeness (QED) is 0.626. The van der Waals surface area contributed by atoms with Crippen molar-refractivity contribution in [1.29, 1.82) is 0 Å². The van der Waals surface area contributed by atoms with Crippen molar-refractivity contribution in [2.45, 2.75) is 60.7 Å². The Hall–Kier alpha value is 0.790. The van der Waals surface area contributed by atoms with E-state index in [1.54, 1.807) is 12.8 Å². The maximum Gasteiger partial charge on any atom is 0.00842 e. The molecule has 0 radical (unpaired) electrons. The third-order valence-electron chi connectivity index (χ3n) is 8.82. The summed E-state index contributed by atoms with van der Waals surface area (Å²) in [5, 5.41) is 2.70. The summed E-state index contributed by atoms with van der Waals surface area (Å²) in [6.07, 6.45) is 12.8. The molecule has 11 atom stereocenters. The van der Waals surface area contributed by atoms with Crippen molar-refractivity contribution in [1.82, 2.24) is 0 Å². The van der Waals surface area contributed by atoms with Gasteiger partial charge in [0.25, 0.3) is 0 Å². The van der Waals surface area contributed by atoms with Gasteiger partial charge in [-0.25, -0.2) is 0 Å². The largest absolute Gasteiger partial charge is 0.176 e. The Labute approximate surface area is 155 Å². The van der Waals surface area contributed by atoms with Crippen LogP contribution in [0.2, 0.25) is 0 Å². The summed E-state index contributed by atoms with van der Waals surface area (Å²) in [6.45, 7) is 0. The first-order valence-corrected chi connectivity index (χ1v) is 11.8. The summed E-state index contributed by atoms with van der Waals surface area (Å²) >= 11 is 12.2. The van der Waals surface area contributed by atoms with Crippen molar-refractivity contribution >= 4 is 37.0 Å². The second kappa shape index (κ2) is 5.16. The Kier molecular flexibility index (Phi) is 3.34. The van der Waals surface area contributed by atoms with Gasteiger partial charge < -0.3 is 0 Å². The topological polar surface area (TPSA) is 0 Å². The molecule has 23 heavy (non-hydrogen) atoms. The molecule has 6 aliphatic carbocycles. The Morgan fingerprint density at radius 3 is 2.57 bits per heavy atom. The number of allylic oxidation sites excluding steroid dienone is 2. The summed E-state index contributed by atoms with van der Waals surface area (Å²) in [5.74, 6) is 7.97. The fraction of sp³-hybridized carbons (Fsp3) is 0.900. The van der Waals surface area contributed by atoms with E-state index in [-0.39, 0.29) is 0 Å². The molecule has 5 fully saturated rings. The molecular formula is C20H28S3. The monoisotopic (exact) mass is 364 g/mol. The molecule has 5 saturated carbocycles. The van der Waals surface area contributed by atoms with Gasteiger partial charge in [-0.05, 0) is 97.2 Å². The minimum atomic E-state index is 0.730. The predicted octanol–water partition coefficient (Wildman–Crippen LogP) is 5.31. The highest BCUT2D eigenvalue weighted by atomic mass is 32.2. The van der Waals surface area contributed by atoms with Crippen molar-refractivity contribution in [3.63, 3.8) is 0 Å². The molecule has 4 bridgehead atoms. The van der Waals surface area contributed by atoms with Crippen molar-refractivity contribution in [3.8, 4) is 0 Å². The van der Waals surface area contributed by atoms with E-state index in [2.05, 4.69) is 17.8 Å². The zero-order valence-electron chi connectivity index (χ0n) is 13.7. The highest BCUT2D eigenvalue weighted by molar-refractivity contribution is 8.00. The SMILES string of the molecule is SC1=CCC2C3CC(CC3SC3CC4CC3C3C(S)CCC43)C12. The summed E-state index contributed by atoms with van der Waals surface area (Å²) in [5.41, 5.74) is 0. The molecule has 0 heterocycles. The molecule has 0 aromatic carbocycles. The van der Waals surface area contributed by atoms with Gasteiger partial charge in [0.15, 0.2) is 0 Å². The van der Waals surface area contributed by atoms with Crippen LogP contribution in [0.25, 0.3) is 0 Å². The van der Waals surface area contributed by atoms with Crippen molar-refractivity contribution in [2.75, 3.05) is 0 Å². The van der Waals surface area contributed by atoms with E-state index >= 15 is 0 Å². The molecule has 0 aliphatic heterocycles. The molecule has 6 rings (SSSR count). The Bertz CT molecular complexity index is 557. The number of hydrogen-bond acceptors (Lipinski definition) is 3. The fourth-order valence-electron chi connectivity index (χ4n) is 8.15. The number of rotatable bonds is 2. The van der Waals surface area contributed by atoms with E-state index in [4.69, 9.17) is 25.3 Å². The van der Waals surface area contributed by atoms with Crippen LogP contribution in [0.4, 0.5) is 0 Å². The van der Waals surface area contributed by atoms with Crippen LogP contribution in [0, 0.1) is 47.3 Å². The van der Waals surface area contributed by atoms with Gasteiger partial charge in [0.1, 0.15) is 0 Å². The van der Waals surface area contributed by atoms with Gasteiger partial charge in [0, 0.05) is 15.7 Å². The Morgan fingerprint density at radius 1 is 0.870 bits per heavy atom. The molecule has 0 aromatic heterocycles. The highest BCUT2D eigenvalue weighted by Crippen LogP contribution is 2.66. The van der Waals surface area contributed by atoms with Gasteiger partial charge >= 0.3 is 0 Å². The van der Waals surface area contributed by atoms with Gasteiger partial charge in [-0.3, -0.25) is 0 Å². The van der Waals surface area contributed by atoms with Crippen LogP contribution in [-0.2, 0) is 0 Å². The molecule has 0 nitrogen and oxygen atoms in total. The average Bonchev–Trinajstić information content (AvgIpc) is 3.29. The van der Waals surface area contributed by atoms with Crippen LogP contribution in [0.15, 0.2) is 11.0 Å². The van der Waals surface area contributed by atoms with Crippen molar-refractivity contribution in [3.05, 3.63) is 11.0 Å². The van der Waals surface area contributed by atoms with E-state index in [1.807, 2.05) is 0 Å². The highest BCUT2D eigenvalue weighted by Gasteiger charge is 2.59. The maximum absolute atomic E-state index is 4.97. The van der Waals surface area contributed by atoms with E-state index in [0.717, 1.165) is 63.1 Å². The van der Waals surface area contributed by atoms with Crippen LogP contribution in [0.1, 0.15) is 44.9 Å². The lowest BCUT2D eigenvalue weighted by molar-refractivity contribution is 0.265. The minimum Gasteiger partial charge on any atom is -0.176 e. The van der Waals surface area contributed by atoms with Gasteiger partial charge in [-0.15, -0.1) is 12.6 Å². The van der Waals surface area contributed by atoms with Crippen LogP contribution in [-0.4, -0.2) is 15.7 Å². The molecule has 3 heteroatoms. The van der Waals surface area contributed by atoms with E-state index in [9.17, 15) is 0 Å². The lowest BCUT2D eigenvalue weighted by Crippen LogP contribution is -2.34. The smallest absolute Gasteiger partial charge is 0.00842 e.